The third kappa shape index (κ3) is 6.10. The lowest BCUT2D eigenvalue weighted by molar-refractivity contribution is 0.0877. The smallest absolute Gasteiger partial charge is 0.415 e. The summed E-state index contributed by atoms with van der Waals surface area (Å²) in [6.07, 6.45) is 2.33. The Kier molecular flexibility index (Phi) is 7.76. The molecule has 4 heteroatoms. The van der Waals surface area contributed by atoms with Gasteiger partial charge in [0, 0.05) is 18.0 Å². The number of hydrogen-bond donors (Lipinski definition) is 1. The molecular formula is C15H29NO3. The minimum Gasteiger partial charge on any atom is -0.418 e. The average Bonchev–Trinajstić information content (AvgIpc) is 2.26. The van der Waals surface area contributed by atoms with Gasteiger partial charge in [0.1, 0.15) is 0 Å². The Morgan fingerprint density at radius 2 is 1.53 bits per heavy atom. The van der Waals surface area contributed by atoms with Gasteiger partial charge < -0.3 is 14.7 Å². The van der Waals surface area contributed by atoms with Gasteiger partial charge in [-0.05, 0) is 39.7 Å². The Labute approximate surface area is 117 Å². The van der Waals surface area contributed by atoms with Crippen molar-refractivity contribution in [3.05, 3.63) is 12.3 Å². The monoisotopic (exact) mass is 271 g/mol. The SMILES string of the molecule is CC(C)[C@H](O)[C@H](C)/C=C/OC(=O)N(C(C)C)C(C)C. The summed E-state index contributed by atoms with van der Waals surface area (Å²) >= 11 is 0. The van der Waals surface area contributed by atoms with Gasteiger partial charge in [-0.1, -0.05) is 20.8 Å². The van der Waals surface area contributed by atoms with Crippen LogP contribution in [0.25, 0.3) is 0 Å². The normalized spacial score (nSPS) is 15.3. The third-order valence-corrected chi connectivity index (χ3v) is 3.10. The molecule has 0 aliphatic heterocycles. The van der Waals surface area contributed by atoms with Gasteiger partial charge in [0.2, 0.25) is 0 Å². The Balaban J connectivity index is 4.43. The zero-order valence-electron chi connectivity index (χ0n) is 13.3. The van der Waals surface area contributed by atoms with E-state index in [-0.39, 0.29) is 30.0 Å². The maximum Gasteiger partial charge on any atom is 0.415 e. The predicted octanol–water partition coefficient (Wildman–Crippen LogP) is 3.41. The summed E-state index contributed by atoms with van der Waals surface area (Å²) in [4.78, 5) is 13.6. The lowest BCUT2D eigenvalue weighted by Gasteiger charge is -2.29. The highest BCUT2D eigenvalue weighted by atomic mass is 16.5. The molecular weight excluding hydrogens is 242 g/mol. The first-order chi connectivity index (χ1) is 8.68. The maximum absolute atomic E-state index is 11.9. The van der Waals surface area contributed by atoms with Crippen LogP contribution in [-0.2, 0) is 4.74 Å². The zero-order chi connectivity index (χ0) is 15.2. The third-order valence-electron chi connectivity index (χ3n) is 3.10. The number of amides is 1. The van der Waals surface area contributed by atoms with E-state index in [1.807, 2.05) is 48.5 Å². The number of aliphatic hydroxyl groups is 1. The minimum absolute atomic E-state index is 0.0423. The quantitative estimate of drug-likeness (QED) is 0.753. The van der Waals surface area contributed by atoms with E-state index in [1.165, 1.54) is 6.26 Å². The second kappa shape index (κ2) is 8.20. The van der Waals surface area contributed by atoms with Crippen molar-refractivity contribution in [3.63, 3.8) is 0 Å². The van der Waals surface area contributed by atoms with E-state index in [0.717, 1.165) is 0 Å². The van der Waals surface area contributed by atoms with E-state index >= 15 is 0 Å². The summed E-state index contributed by atoms with van der Waals surface area (Å²) in [6.45, 7) is 13.6. The summed E-state index contributed by atoms with van der Waals surface area (Å²) in [7, 11) is 0. The van der Waals surface area contributed by atoms with Gasteiger partial charge in [0.15, 0.2) is 0 Å². The molecule has 19 heavy (non-hydrogen) atoms. The molecule has 0 spiro atoms. The molecule has 0 aromatic heterocycles. The molecule has 0 fully saturated rings. The van der Waals surface area contributed by atoms with Crippen LogP contribution in [0.15, 0.2) is 12.3 Å². The standard InChI is InChI=1S/C15H29NO3/c1-10(2)14(17)13(7)8-9-19-15(18)16(11(3)4)12(5)6/h8-14,17H,1-7H3/b9-8+/t13-,14+/m1/s1. The molecule has 0 radical (unpaired) electrons. The minimum atomic E-state index is -0.429. The summed E-state index contributed by atoms with van der Waals surface area (Å²) in [5.74, 6) is 0.137. The lowest BCUT2D eigenvalue weighted by Crippen LogP contribution is -2.41. The van der Waals surface area contributed by atoms with Crippen LogP contribution in [0.4, 0.5) is 4.79 Å². The van der Waals surface area contributed by atoms with Gasteiger partial charge in [-0.25, -0.2) is 4.79 Å². The molecule has 0 aromatic carbocycles. The van der Waals surface area contributed by atoms with Crippen LogP contribution >= 0.6 is 0 Å². The van der Waals surface area contributed by atoms with E-state index in [9.17, 15) is 9.90 Å². The van der Waals surface area contributed by atoms with Crippen molar-refractivity contribution < 1.29 is 14.6 Å². The van der Waals surface area contributed by atoms with E-state index in [2.05, 4.69) is 0 Å². The highest BCUT2D eigenvalue weighted by Gasteiger charge is 2.21. The van der Waals surface area contributed by atoms with Crippen molar-refractivity contribution >= 4 is 6.09 Å². The van der Waals surface area contributed by atoms with Crippen molar-refractivity contribution in [2.75, 3.05) is 0 Å². The van der Waals surface area contributed by atoms with Crippen molar-refractivity contribution in [3.8, 4) is 0 Å². The van der Waals surface area contributed by atoms with Crippen LogP contribution in [0.1, 0.15) is 48.5 Å². The lowest BCUT2D eigenvalue weighted by atomic mass is 9.95. The summed E-state index contributed by atoms with van der Waals surface area (Å²) in [5.41, 5.74) is 0. The molecule has 1 N–H and O–H groups in total. The molecule has 112 valence electrons. The number of rotatable bonds is 6. The number of hydrogen-bond acceptors (Lipinski definition) is 3. The molecule has 0 aliphatic carbocycles. The Bertz CT molecular complexity index is 290. The Hall–Kier alpha value is -1.03. The number of aliphatic hydroxyl groups excluding tert-OH is 1. The highest BCUT2D eigenvalue weighted by molar-refractivity contribution is 5.68. The molecule has 0 aliphatic rings. The fraction of sp³-hybridized carbons (Fsp3) is 0.800. The zero-order valence-corrected chi connectivity index (χ0v) is 13.3. The summed E-state index contributed by atoms with van der Waals surface area (Å²) in [6, 6.07) is 0.194. The molecule has 0 saturated carbocycles. The number of carbonyl (C=O) groups is 1. The van der Waals surface area contributed by atoms with E-state index in [0.29, 0.717) is 0 Å². The second-order valence-electron chi connectivity index (χ2n) is 5.90. The maximum atomic E-state index is 11.9. The largest absolute Gasteiger partial charge is 0.418 e. The van der Waals surface area contributed by atoms with Gasteiger partial charge in [-0.3, -0.25) is 0 Å². The topological polar surface area (TPSA) is 49.8 Å². The molecule has 0 unspecified atom stereocenters. The van der Waals surface area contributed by atoms with Gasteiger partial charge in [0.25, 0.3) is 0 Å². The molecule has 1 amide bonds. The van der Waals surface area contributed by atoms with Gasteiger partial charge >= 0.3 is 6.09 Å². The van der Waals surface area contributed by atoms with Crippen LogP contribution in [0.3, 0.4) is 0 Å². The molecule has 0 bridgehead atoms. The van der Waals surface area contributed by atoms with Gasteiger partial charge in [-0.2, -0.15) is 0 Å². The number of nitrogens with zero attached hydrogens (tertiary/aromatic N) is 1. The van der Waals surface area contributed by atoms with Gasteiger partial charge in [0.05, 0.1) is 12.4 Å². The van der Waals surface area contributed by atoms with Crippen molar-refractivity contribution in [2.45, 2.75) is 66.7 Å². The van der Waals surface area contributed by atoms with E-state index in [1.54, 1.807) is 11.0 Å². The fourth-order valence-corrected chi connectivity index (χ4v) is 2.02. The summed E-state index contributed by atoms with van der Waals surface area (Å²) in [5, 5.41) is 9.84. The van der Waals surface area contributed by atoms with Crippen LogP contribution in [-0.4, -0.2) is 34.3 Å². The van der Waals surface area contributed by atoms with Crippen molar-refractivity contribution in [1.29, 1.82) is 0 Å². The van der Waals surface area contributed by atoms with E-state index < -0.39 is 6.10 Å². The highest BCUT2D eigenvalue weighted by Crippen LogP contribution is 2.14. The molecule has 2 atom stereocenters. The Morgan fingerprint density at radius 3 is 1.89 bits per heavy atom. The van der Waals surface area contributed by atoms with E-state index in [4.69, 9.17) is 4.74 Å². The number of ether oxygens (including phenoxy) is 1. The van der Waals surface area contributed by atoms with Crippen LogP contribution in [0.2, 0.25) is 0 Å². The van der Waals surface area contributed by atoms with Gasteiger partial charge in [-0.15, -0.1) is 0 Å². The Morgan fingerprint density at radius 1 is 1.05 bits per heavy atom. The average molecular weight is 271 g/mol. The van der Waals surface area contributed by atoms with Crippen molar-refractivity contribution in [1.82, 2.24) is 4.90 Å². The second-order valence-corrected chi connectivity index (χ2v) is 5.90. The first-order valence-electron chi connectivity index (χ1n) is 7.02. The van der Waals surface area contributed by atoms with Crippen LogP contribution in [0.5, 0.6) is 0 Å². The first-order valence-corrected chi connectivity index (χ1v) is 7.02. The molecule has 0 aromatic rings. The van der Waals surface area contributed by atoms with Crippen LogP contribution in [0, 0.1) is 11.8 Å². The number of carbonyl (C=O) groups excluding carboxylic acids is 1. The molecule has 0 rings (SSSR count). The van der Waals surface area contributed by atoms with Crippen molar-refractivity contribution in [2.24, 2.45) is 11.8 Å². The molecule has 0 saturated heterocycles. The van der Waals surface area contributed by atoms with Crippen LogP contribution < -0.4 is 0 Å². The fourth-order valence-electron chi connectivity index (χ4n) is 2.02. The first kappa shape index (κ1) is 18.0. The predicted molar refractivity (Wildman–Crippen MR) is 77.7 cm³/mol. The summed E-state index contributed by atoms with van der Waals surface area (Å²) < 4.78 is 5.12. The molecule has 0 heterocycles. The molecule has 4 nitrogen and oxygen atoms in total.